The first-order valence-electron chi connectivity index (χ1n) is 5.27. The SMILES string of the molecule is NCC1CCCC1c1ccc(F)cc1. The summed E-state index contributed by atoms with van der Waals surface area (Å²) in [6.45, 7) is 0.752. The zero-order valence-corrected chi connectivity index (χ0v) is 8.25. The minimum Gasteiger partial charge on any atom is -0.330 e. The lowest BCUT2D eigenvalue weighted by Gasteiger charge is -2.17. The van der Waals surface area contributed by atoms with E-state index in [0.717, 1.165) is 6.54 Å². The molecule has 0 amide bonds. The van der Waals surface area contributed by atoms with Gasteiger partial charge in [0.1, 0.15) is 5.82 Å². The predicted octanol–water partition coefficient (Wildman–Crippen LogP) is 2.67. The normalized spacial score (nSPS) is 26.7. The molecular formula is C12H16FN. The van der Waals surface area contributed by atoms with Crippen LogP contribution in [0.2, 0.25) is 0 Å². The van der Waals surface area contributed by atoms with Crippen LogP contribution in [0.1, 0.15) is 30.7 Å². The maximum atomic E-state index is 12.7. The molecule has 2 atom stereocenters. The molecule has 1 saturated carbocycles. The van der Waals surface area contributed by atoms with Crippen LogP contribution in [0.4, 0.5) is 4.39 Å². The minimum absolute atomic E-state index is 0.156. The molecule has 0 bridgehead atoms. The Morgan fingerprint density at radius 1 is 1.21 bits per heavy atom. The van der Waals surface area contributed by atoms with Gasteiger partial charge in [-0.2, -0.15) is 0 Å². The van der Waals surface area contributed by atoms with E-state index in [1.165, 1.54) is 24.8 Å². The molecule has 1 aromatic carbocycles. The van der Waals surface area contributed by atoms with Gasteiger partial charge in [-0.25, -0.2) is 4.39 Å². The molecule has 1 aliphatic rings. The molecule has 0 spiro atoms. The molecule has 1 aromatic rings. The Bertz CT molecular complexity index is 294. The van der Waals surface area contributed by atoms with Crippen molar-refractivity contribution in [2.75, 3.05) is 6.54 Å². The van der Waals surface area contributed by atoms with Gasteiger partial charge in [-0.15, -0.1) is 0 Å². The second kappa shape index (κ2) is 4.09. The van der Waals surface area contributed by atoms with Crippen molar-refractivity contribution in [2.24, 2.45) is 11.7 Å². The first kappa shape index (κ1) is 9.66. The highest BCUT2D eigenvalue weighted by molar-refractivity contribution is 5.22. The lowest BCUT2D eigenvalue weighted by molar-refractivity contribution is 0.495. The Morgan fingerprint density at radius 3 is 2.57 bits per heavy atom. The Kier molecular flexibility index (Phi) is 2.82. The summed E-state index contributed by atoms with van der Waals surface area (Å²) in [5, 5.41) is 0. The van der Waals surface area contributed by atoms with Gasteiger partial charge in [-0.1, -0.05) is 18.6 Å². The summed E-state index contributed by atoms with van der Waals surface area (Å²) in [6.07, 6.45) is 3.68. The first-order valence-corrected chi connectivity index (χ1v) is 5.27. The Hall–Kier alpha value is -0.890. The molecule has 1 nitrogen and oxygen atoms in total. The summed E-state index contributed by atoms with van der Waals surface area (Å²) in [7, 11) is 0. The van der Waals surface area contributed by atoms with E-state index >= 15 is 0 Å². The van der Waals surface area contributed by atoms with Crippen molar-refractivity contribution < 1.29 is 4.39 Å². The van der Waals surface area contributed by atoms with E-state index in [-0.39, 0.29) is 5.82 Å². The average Bonchev–Trinajstić information content (AvgIpc) is 2.67. The molecule has 2 N–H and O–H groups in total. The largest absolute Gasteiger partial charge is 0.330 e. The van der Waals surface area contributed by atoms with Crippen LogP contribution in [-0.2, 0) is 0 Å². The van der Waals surface area contributed by atoms with Crippen LogP contribution < -0.4 is 5.73 Å². The third-order valence-electron chi connectivity index (χ3n) is 3.26. The van der Waals surface area contributed by atoms with Gasteiger partial charge in [-0.05, 0) is 48.9 Å². The summed E-state index contributed by atoms with van der Waals surface area (Å²) < 4.78 is 12.7. The summed E-state index contributed by atoms with van der Waals surface area (Å²) in [5.74, 6) is 0.997. The first-order chi connectivity index (χ1) is 6.81. The predicted molar refractivity (Wildman–Crippen MR) is 55.5 cm³/mol. The van der Waals surface area contributed by atoms with Gasteiger partial charge in [0.2, 0.25) is 0 Å². The van der Waals surface area contributed by atoms with Crippen molar-refractivity contribution in [3.05, 3.63) is 35.6 Å². The minimum atomic E-state index is -0.156. The Labute approximate surface area is 84.1 Å². The van der Waals surface area contributed by atoms with Crippen molar-refractivity contribution in [1.82, 2.24) is 0 Å². The van der Waals surface area contributed by atoms with Crippen LogP contribution >= 0.6 is 0 Å². The van der Waals surface area contributed by atoms with Gasteiger partial charge < -0.3 is 5.73 Å². The van der Waals surface area contributed by atoms with Gasteiger partial charge in [0, 0.05) is 0 Å². The summed E-state index contributed by atoms with van der Waals surface area (Å²) >= 11 is 0. The van der Waals surface area contributed by atoms with Crippen LogP contribution in [-0.4, -0.2) is 6.54 Å². The lowest BCUT2D eigenvalue weighted by atomic mass is 9.89. The molecule has 2 heteroatoms. The van der Waals surface area contributed by atoms with Gasteiger partial charge >= 0.3 is 0 Å². The fourth-order valence-corrected chi connectivity index (χ4v) is 2.47. The summed E-state index contributed by atoms with van der Waals surface area (Å²) in [5.41, 5.74) is 6.97. The van der Waals surface area contributed by atoms with Crippen LogP contribution in [0.5, 0.6) is 0 Å². The molecule has 76 valence electrons. The van der Waals surface area contributed by atoms with E-state index in [9.17, 15) is 4.39 Å². The Morgan fingerprint density at radius 2 is 1.93 bits per heavy atom. The van der Waals surface area contributed by atoms with E-state index in [2.05, 4.69) is 0 Å². The van der Waals surface area contributed by atoms with Gasteiger partial charge in [0.25, 0.3) is 0 Å². The van der Waals surface area contributed by atoms with Crippen molar-refractivity contribution in [2.45, 2.75) is 25.2 Å². The molecule has 0 radical (unpaired) electrons. The number of rotatable bonds is 2. The second-order valence-corrected chi connectivity index (χ2v) is 4.08. The number of nitrogens with two attached hydrogens (primary N) is 1. The monoisotopic (exact) mass is 193 g/mol. The number of benzene rings is 1. The summed E-state index contributed by atoms with van der Waals surface area (Å²) in [6, 6.07) is 6.88. The molecular weight excluding hydrogens is 177 g/mol. The van der Waals surface area contributed by atoms with Gasteiger partial charge in [0.05, 0.1) is 0 Å². The Balaban J connectivity index is 2.17. The molecule has 1 aliphatic carbocycles. The standard InChI is InChI=1S/C12H16FN/c13-11-6-4-9(5-7-11)12-3-1-2-10(12)8-14/h4-7,10,12H,1-3,8,14H2. The maximum Gasteiger partial charge on any atom is 0.123 e. The zero-order chi connectivity index (χ0) is 9.97. The van der Waals surface area contributed by atoms with E-state index in [0.29, 0.717) is 11.8 Å². The van der Waals surface area contributed by atoms with E-state index < -0.39 is 0 Å². The zero-order valence-electron chi connectivity index (χ0n) is 8.25. The highest BCUT2D eigenvalue weighted by Crippen LogP contribution is 2.38. The molecule has 2 unspecified atom stereocenters. The third kappa shape index (κ3) is 1.80. The number of hydrogen-bond donors (Lipinski definition) is 1. The fourth-order valence-electron chi connectivity index (χ4n) is 2.47. The van der Waals surface area contributed by atoms with Crippen molar-refractivity contribution in [1.29, 1.82) is 0 Å². The quantitative estimate of drug-likeness (QED) is 0.767. The molecule has 1 fully saturated rings. The van der Waals surface area contributed by atoms with Gasteiger partial charge in [-0.3, -0.25) is 0 Å². The second-order valence-electron chi connectivity index (χ2n) is 4.08. The van der Waals surface area contributed by atoms with E-state index in [4.69, 9.17) is 5.73 Å². The fraction of sp³-hybridized carbons (Fsp3) is 0.500. The van der Waals surface area contributed by atoms with Crippen LogP contribution in [0.25, 0.3) is 0 Å². The van der Waals surface area contributed by atoms with Crippen LogP contribution in [0.15, 0.2) is 24.3 Å². The van der Waals surface area contributed by atoms with Crippen LogP contribution in [0, 0.1) is 11.7 Å². The molecule has 0 aromatic heterocycles. The van der Waals surface area contributed by atoms with Crippen molar-refractivity contribution >= 4 is 0 Å². The molecule has 14 heavy (non-hydrogen) atoms. The number of hydrogen-bond acceptors (Lipinski definition) is 1. The number of halogens is 1. The van der Waals surface area contributed by atoms with Crippen molar-refractivity contribution in [3.8, 4) is 0 Å². The summed E-state index contributed by atoms with van der Waals surface area (Å²) in [4.78, 5) is 0. The highest BCUT2D eigenvalue weighted by Gasteiger charge is 2.27. The maximum absolute atomic E-state index is 12.7. The van der Waals surface area contributed by atoms with Crippen LogP contribution in [0.3, 0.4) is 0 Å². The third-order valence-corrected chi connectivity index (χ3v) is 3.26. The van der Waals surface area contributed by atoms with E-state index in [1.54, 1.807) is 12.1 Å². The topological polar surface area (TPSA) is 26.0 Å². The average molecular weight is 193 g/mol. The smallest absolute Gasteiger partial charge is 0.123 e. The van der Waals surface area contributed by atoms with Gasteiger partial charge in [0.15, 0.2) is 0 Å². The molecule has 0 saturated heterocycles. The molecule has 0 heterocycles. The molecule has 0 aliphatic heterocycles. The highest BCUT2D eigenvalue weighted by atomic mass is 19.1. The molecule has 2 rings (SSSR count). The lowest BCUT2D eigenvalue weighted by Crippen LogP contribution is -2.17. The van der Waals surface area contributed by atoms with Crippen molar-refractivity contribution in [3.63, 3.8) is 0 Å². The van der Waals surface area contributed by atoms with E-state index in [1.807, 2.05) is 12.1 Å².